The zero-order valence-electron chi connectivity index (χ0n) is 4.85. The number of thioether (sulfide) groups is 1. The first-order valence-electron chi connectivity index (χ1n) is 2.52. The van der Waals surface area contributed by atoms with Gasteiger partial charge in [-0.1, -0.05) is 6.58 Å². The fraction of sp³-hybridized carbons (Fsp3) is 0.333. The molecule has 1 heterocycles. The topological polar surface area (TPSA) is 12.0 Å². The van der Waals surface area contributed by atoms with Gasteiger partial charge >= 0.3 is 0 Å². The molecule has 1 N–H and O–H groups in total. The van der Waals surface area contributed by atoms with Crippen LogP contribution in [0, 0.1) is 0 Å². The second kappa shape index (κ2) is 2.27. The molecule has 0 aromatic rings. The van der Waals surface area contributed by atoms with E-state index in [1.807, 2.05) is 18.5 Å². The van der Waals surface area contributed by atoms with Crippen LogP contribution in [-0.4, -0.2) is 5.37 Å². The molecule has 0 fully saturated rings. The van der Waals surface area contributed by atoms with Crippen LogP contribution in [0.2, 0.25) is 0 Å². The lowest BCUT2D eigenvalue weighted by Gasteiger charge is -2.07. The van der Waals surface area contributed by atoms with Gasteiger partial charge in [-0.25, -0.2) is 0 Å². The summed E-state index contributed by atoms with van der Waals surface area (Å²) in [5.74, 6) is 0. The van der Waals surface area contributed by atoms with E-state index in [2.05, 4.69) is 11.9 Å². The number of rotatable bonds is 1. The molecule has 0 aromatic heterocycles. The SMILES string of the molecule is C=C(C)C1NC=CS1. The number of nitrogens with one attached hydrogen (secondary N) is 1. The van der Waals surface area contributed by atoms with Gasteiger partial charge in [0.25, 0.3) is 0 Å². The van der Waals surface area contributed by atoms with E-state index >= 15 is 0 Å². The van der Waals surface area contributed by atoms with Gasteiger partial charge in [-0.15, -0.1) is 11.8 Å². The number of hydrogen-bond acceptors (Lipinski definition) is 2. The van der Waals surface area contributed by atoms with Gasteiger partial charge in [-0.3, -0.25) is 0 Å². The van der Waals surface area contributed by atoms with Gasteiger partial charge in [-0.2, -0.15) is 0 Å². The first kappa shape index (κ1) is 5.76. The van der Waals surface area contributed by atoms with Crippen LogP contribution in [0.4, 0.5) is 0 Å². The van der Waals surface area contributed by atoms with E-state index in [4.69, 9.17) is 0 Å². The van der Waals surface area contributed by atoms with Crippen molar-refractivity contribution in [3.63, 3.8) is 0 Å². The third-order valence-corrected chi connectivity index (χ3v) is 2.08. The van der Waals surface area contributed by atoms with Gasteiger partial charge < -0.3 is 5.32 Å². The standard InChI is InChI=1S/C6H9NS/c1-5(2)6-7-3-4-8-6/h3-4,6-7H,1H2,2H3. The molecule has 0 saturated heterocycles. The quantitative estimate of drug-likeness (QED) is 0.538. The van der Waals surface area contributed by atoms with Crippen molar-refractivity contribution in [2.75, 3.05) is 0 Å². The highest BCUT2D eigenvalue weighted by Gasteiger charge is 2.08. The Morgan fingerprint density at radius 3 is 2.88 bits per heavy atom. The minimum absolute atomic E-state index is 0.426. The van der Waals surface area contributed by atoms with Crippen molar-refractivity contribution >= 4 is 11.8 Å². The van der Waals surface area contributed by atoms with Gasteiger partial charge in [0, 0.05) is 6.20 Å². The normalized spacial score (nSPS) is 25.4. The van der Waals surface area contributed by atoms with E-state index in [9.17, 15) is 0 Å². The maximum atomic E-state index is 3.81. The molecular weight excluding hydrogens is 118 g/mol. The van der Waals surface area contributed by atoms with Crippen LogP contribution in [0.5, 0.6) is 0 Å². The molecule has 1 nitrogen and oxygen atoms in total. The summed E-state index contributed by atoms with van der Waals surface area (Å²) in [6, 6.07) is 0. The van der Waals surface area contributed by atoms with Crippen molar-refractivity contribution in [3.8, 4) is 0 Å². The lowest BCUT2D eigenvalue weighted by atomic mass is 10.3. The van der Waals surface area contributed by atoms with Crippen LogP contribution >= 0.6 is 11.8 Å². The minimum atomic E-state index is 0.426. The van der Waals surface area contributed by atoms with Gasteiger partial charge in [0.15, 0.2) is 0 Å². The Morgan fingerprint density at radius 1 is 1.88 bits per heavy atom. The molecule has 0 aliphatic carbocycles. The molecule has 0 aromatic carbocycles. The Bertz CT molecular complexity index is 120. The minimum Gasteiger partial charge on any atom is -0.375 e. The molecule has 0 spiro atoms. The van der Waals surface area contributed by atoms with Crippen LogP contribution in [0.25, 0.3) is 0 Å². The van der Waals surface area contributed by atoms with Crippen molar-refractivity contribution in [1.82, 2.24) is 5.32 Å². The van der Waals surface area contributed by atoms with Crippen LogP contribution in [0.15, 0.2) is 23.8 Å². The second-order valence-corrected chi connectivity index (χ2v) is 2.85. The van der Waals surface area contributed by atoms with Crippen molar-refractivity contribution in [2.45, 2.75) is 12.3 Å². The molecule has 1 unspecified atom stereocenters. The van der Waals surface area contributed by atoms with Crippen molar-refractivity contribution < 1.29 is 0 Å². The average molecular weight is 127 g/mol. The Labute approximate surface area is 53.9 Å². The number of hydrogen-bond donors (Lipinski definition) is 1. The van der Waals surface area contributed by atoms with E-state index in [0.717, 1.165) is 0 Å². The summed E-state index contributed by atoms with van der Waals surface area (Å²) in [5.41, 5.74) is 1.18. The van der Waals surface area contributed by atoms with Crippen molar-refractivity contribution in [1.29, 1.82) is 0 Å². The highest BCUT2D eigenvalue weighted by molar-refractivity contribution is 8.03. The molecule has 1 aliphatic heterocycles. The Balaban J connectivity index is 2.41. The van der Waals surface area contributed by atoms with E-state index in [1.54, 1.807) is 11.8 Å². The summed E-state index contributed by atoms with van der Waals surface area (Å²) in [5, 5.41) is 5.61. The highest BCUT2D eigenvalue weighted by Crippen LogP contribution is 2.20. The molecular formula is C6H9NS. The molecule has 2 heteroatoms. The van der Waals surface area contributed by atoms with Gasteiger partial charge in [0.05, 0.1) is 5.37 Å². The van der Waals surface area contributed by atoms with Crippen LogP contribution in [-0.2, 0) is 0 Å². The maximum Gasteiger partial charge on any atom is 0.0970 e. The smallest absolute Gasteiger partial charge is 0.0970 e. The largest absolute Gasteiger partial charge is 0.375 e. The second-order valence-electron chi connectivity index (χ2n) is 1.83. The van der Waals surface area contributed by atoms with E-state index in [1.165, 1.54) is 5.57 Å². The summed E-state index contributed by atoms with van der Waals surface area (Å²) in [7, 11) is 0. The monoisotopic (exact) mass is 127 g/mol. The summed E-state index contributed by atoms with van der Waals surface area (Å²) < 4.78 is 0. The third kappa shape index (κ3) is 1.07. The molecule has 1 atom stereocenters. The lowest BCUT2D eigenvalue weighted by molar-refractivity contribution is 0.898. The van der Waals surface area contributed by atoms with Crippen molar-refractivity contribution in [3.05, 3.63) is 23.8 Å². The van der Waals surface area contributed by atoms with Gasteiger partial charge in [-0.05, 0) is 17.9 Å². The van der Waals surface area contributed by atoms with Crippen LogP contribution in [0.1, 0.15) is 6.92 Å². The predicted molar refractivity (Wildman–Crippen MR) is 38.5 cm³/mol. The molecule has 0 amide bonds. The van der Waals surface area contributed by atoms with Crippen LogP contribution < -0.4 is 5.32 Å². The lowest BCUT2D eigenvalue weighted by Crippen LogP contribution is -2.15. The molecule has 8 heavy (non-hydrogen) atoms. The molecule has 1 rings (SSSR count). The molecule has 0 saturated carbocycles. The summed E-state index contributed by atoms with van der Waals surface area (Å²) >= 11 is 1.76. The van der Waals surface area contributed by atoms with E-state index in [-0.39, 0.29) is 0 Å². The fourth-order valence-electron chi connectivity index (χ4n) is 0.542. The first-order valence-corrected chi connectivity index (χ1v) is 3.47. The summed E-state index contributed by atoms with van der Waals surface area (Å²) in [6.07, 6.45) is 1.95. The average Bonchev–Trinajstić information content (AvgIpc) is 2.12. The predicted octanol–water partition coefficient (Wildman–Crippen LogP) is 1.70. The fourth-order valence-corrected chi connectivity index (χ4v) is 1.25. The third-order valence-electron chi connectivity index (χ3n) is 0.978. The Hall–Kier alpha value is -0.370. The zero-order chi connectivity index (χ0) is 5.98. The molecule has 0 radical (unpaired) electrons. The highest BCUT2D eigenvalue weighted by atomic mass is 32.2. The van der Waals surface area contributed by atoms with E-state index in [0.29, 0.717) is 5.37 Å². The maximum absolute atomic E-state index is 3.81. The zero-order valence-corrected chi connectivity index (χ0v) is 5.66. The van der Waals surface area contributed by atoms with E-state index < -0.39 is 0 Å². The summed E-state index contributed by atoms with van der Waals surface area (Å²) in [4.78, 5) is 0. The first-order chi connectivity index (χ1) is 3.80. The summed E-state index contributed by atoms with van der Waals surface area (Å²) in [6.45, 7) is 5.84. The molecule has 1 aliphatic rings. The van der Waals surface area contributed by atoms with Gasteiger partial charge in [0.1, 0.15) is 0 Å². The molecule has 0 bridgehead atoms. The van der Waals surface area contributed by atoms with Gasteiger partial charge in [0.2, 0.25) is 0 Å². The Kier molecular flexibility index (Phi) is 1.63. The van der Waals surface area contributed by atoms with Crippen molar-refractivity contribution in [2.24, 2.45) is 0 Å². The Morgan fingerprint density at radius 2 is 2.62 bits per heavy atom. The molecule has 44 valence electrons. The van der Waals surface area contributed by atoms with Crippen LogP contribution in [0.3, 0.4) is 0 Å².